The van der Waals surface area contributed by atoms with E-state index in [2.05, 4.69) is 4.98 Å². The Balaban J connectivity index is 1.47. The van der Waals surface area contributed by atoms with Crippen LogP contribution < -0.4 is 0 Å². The van der Waals surface area contributed by atoms with E-state index in [1.54, 1.807) is 18.2 Å². The van der Waals surface area contributed by atoms with Crippen LogP contribution in [0.2, 0.25) is 5.02 Å². The summed E-state index contributed by atoms with van der Waals surface area (Å²) in [7, 11) is 0. The van der Waals surface area contributed by atoms with E-state index in [4.69, 9.17) is 11.6 Å². The van der Waals surface area contributed by atoms with Gasteiger partial charge in [0.05, 0.1) is 17.3 Å². The van der Waals surface area contributed by atoms with Gasteiger partial charge in [0, 0.05) is 16.5 Å². The summed E-state index contributed by atoms with van der Waals surface area (Å²) in [5.74, 6) is -1.80. The van der Waals surface area contributed by atoms with Gasteiger partial charge < -0.3 is 5.11 Å². The average Bonchev–Trinajstić information content (AvgIpc) is 2.78. The molecular formula is C26H20ClF2NO. The van der Waals surface area contributed by atoms with Crippen LogP contribution in [-0.2, 0) is 6.42 Å². The van der Waals surface area contributed by atoms with Crippen molar-refractivity contribution in [3.8, 4) is 0 Å². The summed E-state index contributed by atoms with van der Waals surface area (Å²) in [5, 5.41) is 11.9. The Hall–Kier alpha value is -3.08. The first-order valence-electron chi connectivity index (χ1n) is 9.95. The van der Waals surface area contributed by atoms with E-state index in [0.717, 1.165) is 28.8 Å². The summed E-state index contributed by atoms with van der Waals surface area (Å²) in [5.41, 5.74) is 3.76. The Morgan fingerprint density at radius 3 is 2.55 bits per heavy atom. The van der Waals surface area contributed by atoms with E-state index in [0.29, 0.717) is 34.5 Å². The van der Waals surface area contributed by atoms with Gasteiger partial charge in [-0.05, 0) is 59.9 Å². The minimum absolute atomic E-state index is 0.393. The molecule has 0 radical (unpaired) electrons. The second kappa shape index (κ2) is 9.38. The number of aliphatic hydroxyl groups excluding tert-OH is 1. The molecule has 0 saturated carbocycles. The number of fused-ring (bicyclic) bond motifs is 1. The molecule has 2 nitrogen and oxygen atoms in total. The van der Waals surface area contributed by atoms with Crippen molar-refractivity contribution in [3.63, 3.8) is 0 Å². The number of nitrogens with zero attached hydrogens (tertiary/aromatic N) is 1. The number of benzene rings is 3. The highest BCUT2D eigenvalue weighted by Gasteiger charge is 2.10. The molecule has 1 aromatic heterocycles. The molecule has 5 heteroatoms. The molecule has 31 heavy (non-hydrogen) atoms. The van der Waals surface area contributed by atoms with Gasteiger partial charge in [-0.3, -0.25) is 0 Å². The van der Waals surface area contributed by atoms with E-state index in [9.17, 15) is 13.9 Å². The van der Waals surface area contributed by atoms with Crippen LogP contribution in [0.3, 0.4) is 0 Å². The number of halogens is 3. The first-order chi connectivity index (χ1) is 15.0. The summed E-state index contributed by atoms with van der Waals surface area (Å²) in [6, 6.07) is 20.9. The lowest BCUT2D eigenvalue weighted by Gasteiger charge is -2.12. The fraction of sp³-hybridized carbons (Fsp3) is 0.115. The Morgan fingerprint density at radius 1 is 0.903 bits per heavy atom. The van der Waals surface area contributed by atoms with Gasteiger partial charge in [-0.15, -0.1) is 0 Å². The van der Waals surface area contributed by atoms with E-state index >= 15 is 0 Å². The minimum atomic E-state index is -0.917. The Labute approximate surface area is 184 Å². The molecule has 0 fully saturated rings. The third-order valence-corrected chi connectivity index (χ3v) is 5.51. The van der Waals surface area contributed by atoms with Crippen LogP contribution >= 0.6 is 11.6 Å². The van der Waals surface area contributed by atoms with Gasteiger partial charge in [0.1, 0.15) is 0 Å². The van der Waals surface area contributed by atoms with Crippen molar-refractivity contribution in [2.75, 3.05) is 0 Å². The molecule has 4 rings (SSSR count). The molecule has 0 amide bonds. The fourth-order valence-electron chi connectivity index (χ4n) is 3.44. The zero-order valence-electron chi connectivity index (χ0n) is 16.6. The number of pyridine rings is 1. The topological polar surface area (TPSA) is 33.1 Å². The number of aliphatic hydroxyl groups is 1. The third kappa shape index (κ3) is 5.16. The van der Waals surface area contributed by atoms with E-state index in [1.165, 1.54) is 0 Å². The molecule has 0 aliphatic carbocycles. The smallest absolute Gasteiger partial charge is 0.161 e. The number of aryl methyl sites for hydroxylation is 1. The van der Waals surface area contributed by atoms with Crippen LogP contribution in [-0.4, -0.2) is 10.1 Å². The number of hydrogen-bond donors (Lipinski definition) is 1. The molecule has 0 saturated heterocycles. The second-order valence-electron chi connectivity index (χ2n) is 7.34. The van der Waals surface area contributed by atoms with E-state index < -0.39 is 17.7 Å². The third-order valence-electron chi connectivity index (χ3n) is 5.14. The monoisotopic (exact) mass is 435 g/mol. The van der Waals surface area contributed by atoms with Gasteiger partial charge >= 0.3 is 0 Å². The lowest BCUT2D eigenvalue weighted by atomic mass is 9.99. The summed E-state index contributed by atoms with van der Waals surface area (Å²) >= 11 is 6.20. The Bertz CT molecular complexity index is 1260. The normalized spacial score (nSPS) is 12.5. The molecule has 156 valence electrons. The highest BCUT2D eigenvalue weighted by Crippen LogP contribution is 2.24. The molecule has 0 aliphatic rings. The lowest BCUT2D eigenvalue weighted by molar-refractivity contribution is 0.168. The maximum atomic E-state index is 13.5. The number of hydrogen-bond acceptors (Lipinski definition) is 2. The van der Waals surface area contributed by atoms with E-state index in [-0.39, 0.29) is 0 Å². The molecule has 0 unspecified atom stereocenters. The standard InChI is InChI=1S/C26H20ClF2NO/c27-22-7-2-1-5-18(22)10-13-26(31)20-6-3-4-17(14-20)8-11-21-12-9-19-15-23(28)24(29)16-25(19)30-21/h1-9,11-12,14-16,26,31H,10,13H2/t26-/m0/s1. The highest BCUT2D eigenvalue weighted by atomic mass is 35.5. The molecule has 1 heterocycles. The molecule has 1 atom stereocenters. The molecule has 0 aliphatic heterocycles. The molecule has 1 N–H and O–H groups in total. The first kappa shape index (κ1) is 21.2. The summed E-state index contributed by atoms with van der Waals surface area (Å²) in [6.45, 7) is 0. The van der Waals surface area contributed by atoms with Crippen molar-refractivity contribution >= 4 is 34.7 Å². The Kier molecular flexibility index (Phi) is 6.40. The largest absolute Gasteiger partial charge is 0.388 e. The van der Waals surface area contributed by atoms with Crippen LogP contribution in [0.25, 0.3) is 23.1 Å². The molecule has 4 aromatic rings. The van der Waals surface area contributed by atoms with Crippen LogP contribution in [0.1, 0.15) is 34.9 Å². The summed E-state index contributed by atoms with van der Waals surface area (Å²) in [6.07, 6.45) is 4.31. The second-order valence-corrected chi connectivity index (χ2v) is 7.75. The van der Waals surface area contributed by atoms with Gasteiger partial charge in [-0.2, -0.15) is 0 Å². The molecule has 3 aromatic carbocycles. The van der Waals surface area contributed by atoms with Gasteiger partial charge in [-0.25, -0.2) is 13.8 Å². The number of rotatable bonds is 6. The van der Waals surface area contributed by atoms with Gasteiger partial charge in [-0.1, -0.05) is 60.1 Å². The van der Waals surface area contributed by atoms with Crippen molar-refractivity contribution in [1.82, 2.24) is 4.98 Å². The van der Waals surface area contributed by atoms with Crippen LogP contribution in [0, 0.1) is 11.6 Å². The first-order valence-corrected chi connectivity index (χ1v) is 10.3. The van der Waals surface area contributed by atoms with Crippen LogP contribution in [0.5, 0.6) is 0 Å². The van der Waals surface area contributed by atoms with Crippen molar-refractivity contribution in [1.29, 1.82) is 0 Å². The van der Waals surface area contributed by atoms with Crippen LogP contribution in [0.15, 0.2) is 72.8 Å². The van der Waals surface area contributed by atoms with Crippen molar-refractivity contribution < 1.29 is 13.9 Å². The number of aromatic nitrogens is 1. The zero-order chi connectivity index (χ0) is 21.8. The van der Waals surface area contributed by atoms with Gasteiger partial charge in [0.2, 0.25) is 0 Å². The highest BCUT2D eigenvalue weighted by molar-refractivity contribution is 6.31. The zero-order valence-corrected chi connectivity index (χ0v) is 17.4. The summed E-state index contributed by atoms with van der Waals surface area (Å²) < 4.78 is 26.8. The molecular weight excluding hydrogens is 416 g/mol. The fourth-order valence-corrected chi connectivity index (χ4v) is 3.67. The van der Waals surface area contributed by atoms with Gasteiger partial charge in [0.15, 0.2) is 11.6 Å². The summed E-state index contributed by atoms with van der Waals surface area (Å²) in [4.78, 5) is 4.37. The SMILES string of the molecule is O[C@@H](CCc1ccccc1Cl)c1cccc(C=Cc2ccc3cc(F)c(F)cc3n2)c1. The minimum Gasteiger partial charge on any atom is -0.388 e. The lowest BCUT2D eigenvalue weighted by Crippen LogP contribution is -2.00. The van der Waals surface area contributed by atoms with Crippen molar-refractivity contribution in [3.05, 3.63) is 112 Å². The predicted octanol–water partition coefficient (Wildman–Crippen LogP) is 7.00. The maximum absolute atomic E-state index is 13.5. The van der Waals surface area contributed by atoms with E-state index in [1.807, 2.05) is 54.6 Å². The van der Waals surface area contributed by atoms with Crippen molar-refractivity contribution in [2.45, 2.75) is 18.9 Å². The predicted molar refractivity (Wildman–Crippen MR) is 122 cm³/mol. The maximum Gasteiger partial charge on any atom is 0.161 e. The Morgan fingerprint density at radius 2 is 1.71 bits per heavy atom. The quantitative estimate of drug-likeness (QED) is 0.353. The van der Waals surface area contributed by atoms with Crippen molar-refractivity contribution in [2.24, 2.45) is 0 Å². The average molecular weight is 436 g/mol. The molecule has 0 bridgehead atoms. The molecule has 0 spiro atoms. The van der Waals surface area contributed by atoms with Gasteiger partial charge in [0.25, 0.3) is 0 Å². The van der Waals surface area contributed by atoms with Crippen LogP contribution in [0.4, 0.5) is 8.78 Å².